The number of carboxylic acids is 1. The lowest BCUT2D eigenvalue weighted by Crippen LogP contribution is -2.27. The Bertz CT molecular complexity index is 381. The molecule has 5 heteroatoms. The summed E-state index contributed by atoms with van der Waals surface area (Å²) in [5.41, 5.74) is 0.00611. The van der Waals surface area contributed by atoms with Crippen LogP contribution in [0.15, 0.2) is 12.4 Å². The molecule has 0 aromatic carbocycles. The van der Waals surface area contributed by atoms with Crippen LogP contribution in [0.4, 0.5) is 5.82 Å². The lowest BCUT2D eigenvalue weighted by atomic mass is 10.2. The molecule has 2 heterocycles. The summed E-state index contributed by atoms with van der Waals surface area (Å²) in [7, 11) is 0. The maximum absolute atomic E-state index is 10.7. The fourth-order valence-electron chi connectivity index (χ4n) is 1.87. The molecular formula is C10H13N3O2. The molecule has 0 spiro atoms. The van der Waals surface area contributed by atoms with Gasteiger partial charge in [0.15, 0.2) is 5.69 Å². The van der Waals surface area contributed by atoms with Gasteiger partial charge in [0.25, 0.3) is 0 Å². The van der Waals surface area contributed by atoms with Crippen molar-refractivity contribution in [2.75, 3.05) is 11.4 Å². The van der Waals surface area contributed by atoms with E-state index in [0.717, 1.165) is 19.4 Å². The highest BCUT2D eigenvalue weighted by Crippen LogP contribution is 2.22. The van der Waals surface area contributed by atoms with Crippen LogP contribution in [-0.2, 0) is 0 Å². The highest BCUT2D eigenvalue weighted by atomic mass is 16.4. The highest BCUT2D eigenvalue weighted by Gasteiger charge is 2.22. The van der Waals surface area contributed by atoms with E-state index in [1.165, 1.54) is 6.20 Å². The highest BCUT2D eigenvalue weighted by molar-refractivity contribution is 5.85. The van der Waals surface area contributed by atoms with E-state index >= 15 is 0 Å². The van der Waals surface area contributed by atoms with Crippen molar-refractivity contribution < 1.29 is 9.90 Å². The van der Waals surface area contributed by atoms with Gasteiger partial charge in [0.1, 0.15) is 5.82 Å². The molecule has 1 aliphatic heterocycles. The summed E-state index contributed by atoms with van der Waals surface area (Å²) in [6.45, 7) is 3.04. The van der Waals surface area contributed by atoms with Gasteiger partial charge in [0.2, 0.25) is 0 Å². The molecule has 1 aromatic heterocycles. The lowest BCUT2D eigenvalue weighted by molar-refractivity contribution is 0.0690. The van der Waals surface area contributed by atoms with Crippen molar-refractivity contribution in [3.8, 4) is 0 Å². The zero-order valence-corrected chi connectivity index (χ0v) is 8.55. The van der Waals surface area contributed by atoms with Gasteiger partial charge in [0, 0.05) is 12.6 Å². The van der Waals surface area contributed by atoms with E-state index in [1.807, 2.05) is 0 Å². The summed E-state index contributed by atoms with van der Waals surface area (Å²) >= 11 is 0. The second-order valence-electron chi connectivity index (χ2n) is 3.75. The number of nitrogens with zero attached hydrogens (tertiary/aromatic N) is 3. The minimum Gasteiger partial charge on any atom is -0.476 e. The summed E-state index contributed by atoms with van der Waals surface area (Å²) in [4.78, 5) is 20.8. The van der Waals surface area contributed by atoms with Gasteiger partial charge in [-0.25, -0.2) is 9.78 Å². The molecule has 1 aromatic rings. The second kappa shape index (κ2) is 3.84. The number of hydrogen-bond acceptors (Lipinski definition) is 4. The molecule has 1 fully saturated rings. The first-order valence-corrected chi connectivity index (χ1v) is 5.00. The number of aromatic nitrogens is 2. The fourth-order valence-corrected chi connectivity index (χ4v) is 1.87. The Balaban J connectivity index is 2.28. The van der Waals surface area contributed by atoms with Crippen LogP contribution in [0.5, 0.6) is 0 Å². The first-order chi connectivity index (χ1) is 7.18. The molecule has 0 bridgehead atoms. The fraction of sp³-hybridized carbons (Fsp3) is 0.500. The van der Waals surface area contributed by atoms with E-state index in [4.69, 9.17) is 5.11 Å². The lowest BCUT2D eigenvalue weighted by Gasteiger charge is -2.21. The quantitative estimate of drug-likeness (QED) is 0.788. The smallest absolute Gasteiger partial charge is 0.356 e. The van der Waals surface area contributed by atoms with E-state index in [1.54, 1.807) is 6.20 Å². The van der Waals surface area contributed by atoms with Gasteiger partial charge in [0.05, 0.1) is 12.4 Å². The second-order valence-corrected chi connectivity index (χ2v) is 3.75. The Labute approximate surface area is 87.8 Å². The molecule has 1 N–H and O–H groups in total. The molecule has 1 unspecified atom stereocenters. The van der Waals surface area contributed by atoms with Crippen molar-refractivity contribution in [3.05, 3.63) is 18.1 Å². The number of anilines is 1. The molecule has 0 aliphatic carbocycles. The molecule has 0 saturated carbocycles. The van der Waals surface area contributed by atoms with Gasteiger partial charge in [-0.1, -0.05) is 0 Å². The van der Waals surface area contributed by atoms with Crippen LogP contribution in [-0.4, -0.2) is 33.6 Å². The van der Waals surface area contributed by atoms with Crippen LogP contribution in [0, 0.1) is 0 Å². The summed E-state index contributed by atoms with van der Waals surface area (Å²) in [5, 5.41) is 8.80. The Kier molecular flexibility index (Phi) is 2.53. The SMILES string of the molecule is CC1CCCN1c1cncc(C(=O)O)n1. The van der Waals surface area contributed by atoms with Crippen molar-refractivity contribution in [2.45, 2.75) is 25.8 Å². The predicted octanol–water partition coefficient (Wildman–Crippen LogP) is 1.16. The van der Waals surface area contributed by atoms with Gasteiger partial charge in [-0.3, -0.25) is 4.98 Å². The van der Waals surface area contributed by atoms with Crippen LogP contribution in [0.3, 0.4) is 0 Å². The average Bonchev–Trinajstić information content (AvgIpc) is 2.64. The first kappa shape index (κ1) is 9.89. The molecule has 1 aliphatic rings. The molecule has 0 radical (unpaired) electrons. The molecular weight excluding hydrogens is 194 g/mol. The topological polar surface area (TPSA) is 66.3 Å². The van der Waals surface area contributed by atoms with Gasteiger partial charge < -0.3 is 10.0 Å². The van der Waals surface area contributed by atoms with Gasteiger partial charge in [-0.2, -0.15) is 0 Å². The maximum Gasteiger partial charge on any atom is 0.356 e. The van der Waals surface area contributed by atoms with Crippen molar-refractivity contribution in [1.82, 2.24) is 9.97 Å². The zero-order chi connectivity index (χ0) is 10.8. The van der Waals surface area contributed by atoms with E-state index in [2.05, 4.69) is 21.8 Å². The van der Waals surface area contributed by atoms with Crippen LogP contribution in [0.25, 0.3) is 0 Å². The summed E-state index contributed by atoms with van der Waals surface area (Å²) in [6, 6.07) is 0.420. The van der Waals surface area contributed by atoms with Crippen molar-refractivity contribution in [1.29, 1.82) is 0 Å². The van der Waals surface area contributed by atoms with E-state index in [-0.39, 0.29) is 5.69 Å². The van der Waals surface area contributed by atoms with Crippen LogP contribution in [0.2, 0.25) is 0 Å². The number of carboxylic acid groups (broad SMARTS) is 1. The minimum absolute atomic E-state index is 0.00611. The third kappa shape index (κ3) is 1.91. The summed E-state index contributed by atoms with van der Waals surface area (Å²) in [5.74, 6) is -0.365. The van der Waals surface area contributed by atoms with Gasteiger partial charge in [-0.05, 0) is 19.8 Å². The Morgan fingerprint density at radius 3 is 3.00 bits per heavy atom. The molecule has 2 rings (SSSR count). The first-order valence-electron chi connectivity index (χ1n) is 5.00. The Morgan fingerprint density at radius 1 is 1.60 bits per heavy atom. The molecule has 0 amide bonds. The monoisotopic (exact) mass is 207 g/mol. The zero-order valence-electron chi connectivity index (χ0n) is 8.55. The van der Waals surface area contributed by atoms with Crippen molar-refractivity contribution in [2.24, 2.45) is 0 Å². The van der Waals surface area contributed by atoms with E-state index in [0.29, 0.717) is 11.9 Å². The van der Waals surface area contributed by atoms with Crippen LogP contribution < -0.4 is 4.90 Å². The van der Waals surface area contributed by atoms with E-state index < -0.39 is 5.97 Å². The predicted molar refractivity (Wildman–Crippen MR) is 55.0 cm³/mol. The molecule has 80 valence electrons. The van der Waals surface area contributed by atoms with Crippen LogP contribution >= 0.6 is 0 Å². The Hall–Kier alpha value is -1.65. The molecule has 1 saturated heterocycles. The van der Waals surface area contributed by atoms with Gasteiger partial charge >= 0.3 is 5.97 Å². The minimum atomic E-state index is -1.03. The number of carbonyl (C=O) groups is 1. The summed E-state index contributed by atoms with van der Waals surface area (Å²) in [6.07, 6.45) is 5.14. The summed E-state index contributed by atoms with van der Waals surface area (Å²) < 4.78 is 0. The van der Waals surface area contributed by atoms with Gasteiger partial charge in [-0.15, -0.1) is 0 Å². The van der Waals surface area contributed by atoms with Crippen molar-refractivity contribution >= 4 is 11.8 Å². The van der Waals surface area contributed by atoms with Crippen molar-refractivity contribution in [3.63, 3.8) is 0 Å². The largest absolute Gasteiger partial charge is 0.476 e. The normalized spacial score (nSPS) is 20.6. The number of hydrogen-bond donors (Lipinski definition) is 1. The maximum atomic E-state index is 10.7. The average molecular weight is 207 g/mol. The number of rotatable bonds is 2. The molecule has 5 nitrogen and oxygen atoms in total. The number of aromatic carboxylic acids is 1. The third-order valence-electron chi connectivity index (χ3n) is 2.69. The van der Waals surface area contributed by atoms with E-state index in [9.17, 15) is 4.79 Å². The van der Waals surface area contributed by atoms with Crippen LogP contribution in [0.1, 0.15) is 30.3 Å². The molecule has 15 heavy (non-hydrogen) atoms. The molecule has 1 atom stereocenters. The third-order valence-corrected chi connectivity index (χ3v) is 2.69. The standard InChI is InChI=1S/C10H13N3O2/c1-7-3-2-4-13(7)9-6-11-5-8(12-9)10(14)15/h5-7H,2-4H2,1H3,(H,14,15). The Morgan fingerprint density at radius 2 is 2.40 bits per heavy atom.